The van der Waals surface area contributed by atoms with E-state index in [1.54, 1.807) is 36.4 Å². The van der Waals surface area contributed by atoms with Gasteiger partial charge in [0.05, 0.1) is 22.0 Å². The fourth-order valence-corrected chi connectivity index (χ4v) is 1.95. The Bertz CT molecular complexity index is 929. The van der Waals surface area contributed by atoms with Gasteiger partial charge in [-0.3, -0.25) is 14.9 Å². The van der Waals surface area contributed by atoms with Crippen molar-refractivity contribution in [1.82, 2.24) is 9.66 Å². The SMILES string of the molecule is O=c1c2ccccc2ncn1/N=C/c1ccc([N+](=O)[O-])cc1. The molecule has 0 bridgehead atoms. The van der Waals surface area contributed by atoms with Crippen molar-refractivity contribution in [1.29, 1.82) is 0 Å². The van der Waals surface area contributed by atoms with Crippen molar-refractivity contribution in [2.75, 3.05) is 0 Å². The Labute approximate surface area is 124 Å². The third kappa shape index (κ3) is 2.59. The molecule has 1 aromatic heterocycles. The number of non-ortho nitro benzene ring substituents is 1. The number of rotatable bonds is 3. The summed E-state index contributed by atoms with van der Waals surface area (Å²) in [4.78, 5) is 26.5. The van der Waals surface area contributed by atoms with Gasteiger partial charge in [0.15, 0.2) is 0 Å². The van der Waals surface area contributed by atoms with Crippen LogP contribution in [0.4, 0.5) is 5.69 Å². The van der Waals surface area contributed by atoms with Crippen molar-refractivity contribution in [3.63, 3.8) is 0 Å². The van der Waals surface area contributed by atoms with Crippen LogP contribution in [0.1, 0.15) is 5.56 Å². The van der Waals surface area contributed by atoms with Gasteiger partial charge in [0.25, 0.3) is 11.2 Å². The second-order valence-electron chi connectivity index (χ2n) is 4.50. The molecule has 0 unspecified atom stereocenters. The van der Waals surface area contributed by atoms with Crippen LogP contribution in [0, 0.1) is 10.1 Å². The molecule has 0 radical (unpaired) electrons. The minimum absolute atomic E-state index is 0.00156. The lowest BCUT2D eigenvalue weighted by molar-refractivity contribution is -0.384. The van der Waals surface area contributed by atoms with Gasteiger partial charge >= 0.3 is 0 Å². The Morgan fingerprint density at radius 3 is 2.59 bits per heavy atom. The van der Waals surface area contributed by atoms with Crippen molar-refractivity contribution in [2.24, 2.45) is 5.10 Å². The largest absolute Gasteiger partial charge is 0.281 e. The highest BCUT2D eigenvalue weighted by Gasteiger charge is 2.03. The van der Waals surface area contributed by atoms with E-state index in [4.69, 9.17) is 0 Å². The maximum atomic E-state index is 12.2. The zero-order valence-electron chi connectivity index (χ0n) is 11.3. The van der Waals surface area contributed by atoms with Gasteiger partial charge in [-0.15, -0.1) is 0 Å². The molecule has 0 amide bonds. The van der Waals surface area contributed by atoms with Gasteiger partial charge in [0, 0.05) is 12.1 Å². The number of hydrogen-bond donors (Lipinski definition) is 0. The molecule has 108 valence electrons. The first-order valence-electron chi connectivity index (χ1n) is 6.40. The summed E-state index contributed by atoms with van der Waals surface area (Å²) in [5.74, 6) is 0. The molecule has 3 aromatic rings. The van der Waals surface area contributed by atoms with Crippen LogP contribution in [0.25, 0.3) is 10.9 Å². The quantitative estimate of drug-likeness (QED) is 0.420. The summed E-state index contributed by atoms with van der Waals surface area (Å²) >= 11 is 0. The number of hydrogen-bond acceptors (Lipinski definition) is 5. The molecule has 1 heterocycles. The van der Waals surface area contributed by atoms with Crippen LogP contribution in [0.3, 0.4) is 0 Å². The highest BCUT2D eigenvalue weighted by Crippen LogP contribution is 2.10. The van der Waals surface area contributed by atoms with E-state index in [0.717, 1.165) is 4.68 Å². The molecule has 2 aromatic carbocycles. The van der Waals surface area contributed by atoms with Crippen LogP contribution in [0.5, 0.6) is 0 Å². The molecular formula is C15H10N4O3. The van der Waals surface area contributed by atoms with E-state index in [0.29, 0.717) is 16.5 Å². The Hall–Kier alpha value is -3.35. The third-order valence-electron chi connectivity index (χ3n) is 3.08. The highest BCUT2D eigenvalue weighted by atomic mass is 16.6. The number of fused-ring (bicyclic) bond motifs is 1. The van der Waals surface area contributed by atoms with Crippen LogP contribution >= 0.6 is 0 Å². The first-order valence-corrected chi connectivity index (χ1v) is 6.40. The predicted molar refractivity (Wildman–Crippen MR) is 82.1 cm³/mol. The van der Waals surface area contributed by atoms with Gasteiger partial charge in [0.1, 0.15) is 6.33 Å². The zero-order valence-corrected chi connectivity index (χ0v) is 11.3. The van der Waals surface area contributed by atoms with Gasteiger partial charge in [-0.25, -0.2) is 4.98 Å². The van der Waals surface area contributed by atoms with Gasteiger partial charge in [-0.05, 0) is 29.8 Å². The van der Waals surface area contributed by atoms with Crippen molar-refractivity contribution < 1.29 is 4.92 Å². The first kappa shape index (κ1) is 13.6. The predicted octanol–water partition coefficient (Wildman–Crippen LogP) is 2.19. The Kier molecular flexibility index (Phi) is 3.45. The molecule has 22 heavy (non-hydrogen) atoms. The number of nitro benzene ring substituents is 1. The normalized spacial score (nSPS) is 11.1. The molecule has 0 N–H and O–H groups in total. The zero-order chi connectivity index (χ0) is 15.5. The lowest BCUT2D eigenvalue weighted by Crippen LogP contribution is -2.16. The summed E-state index contributed by atoms with van der Waals surface area (Å²) in [6, 6.07) is 12.9. The Balaban J connectivity index is 1.94. The van der Waals surface area contributed by atoms with E-state index >= 15 is 0 Å². The number of nitro groups is 1. The molecule has 0 aliphatic rings. The van der Waals surface area contributed by atoms with Gasteiger partial charge in [0.2, 0.25) is 0 Å². The minimum Gasteiger partial charge on any atom is -0.267 e. The number of benzene rings is 2. The molecule has 7 heteroatoms. The standard InChI is InChI=1S/C15H10N4O3/c20-15-13-3-1-2-4-14(13)16-10-18(15)17-9-11-5-7-12(8-6-11)19(21)22/h1-10H/b17-9+. The molecule has 0 atom stereocenters. The van der Waals surface area contributed by atoms with Gasteiger partial charge < -0.3 is 0 Å². The summed E-state index contributed by atoms with van der Waals surface area (Å²) in [7, 11) is 0. The monoisotopic (exact) mass is 294 g/mol. The minimum atomic E-state index is -0.474. The Morgan fingerprint density at radius 1 is 1.14 bits per heavy atom. The van der Waals surface area contributed by atoms with Crippen molar-refractivity contribution in [3.8, 4) is 0 Å². The van der Waals surface area contributed by atoms with Crippen molar-refractivity contribution in [2.45, 2.75) is 0 Å². The molecule has 0 aliphatic carbocycles. The number of para-hydroxylation sites is 1. The van der Waals surface area contributed by atoms with E-state index in [2.05, 4.69) is 10.1 Å². The van der Waals surface area contributed by atoms with Crippen molar-refractivity contribution in [3.05, 3.63) is 80.9 Å². The van der Waals surface area contributed by atoms with Crippen LogP contribution < -0.4 is 5.56 Å². The average molecular weight is 294 g/mol. The third-order valence-corrected chi connectivity index (χ3v) is 3.08. The molecular weight excluding hydrogens is 284 g/mol. The molecule has 0 fully saturated rings. The Morgan fingerprint density at radius 2 is 1.86 bits per heavy atom. The molecule has 7 nitrogen and oxygen atoms in total. The maximum absolute atomic E-state index is 12.2. The summed E-state index contributed by atoms with van der Waals surface area (Å²) in [5, 5.41) is 15.1. The summed E-state index contributed by atoms with van der Waals surface area (Å²) in [5.41, 5.74) is 0.977. The lowest BCUT2D eigenvalue weighted by Gasteiger charge is -2.00. The summed E-state index contributed by atoms with van der Waals surface area (Å²) in [6.07, 6.45) is 2.79. The fraction of sp³-hybridized carbons (Fsp3) is 0. The van der Waals surface area contributed by atoms with E-state index in [9.17, 15) is 14.9 Å². The first-order chi connectivity index (χ1) is 10.6. The molecule has 0 spiro atoms. The van der Waals surface area contributed by atoms with E-state index in [-0.39, 0.29) is 11.2 Å². The van der Waals surface area contributed by atoms with E-state index in [1.807, 2.05) is 0 Å². The summed E-state index contributed by atoms with van der Waals surface area (Å²) in [6.45, 7) is 0. The number of nitrogens with zero attached hydrogens (tertiary/aromatic N) is 4. The van der Waals surface area contributed by atoms with Crippen LogP contribution in [-0.2, 0) is 0 Å². The van der Waals surface area contributed by atoms with E-state index < -0.39 is 4.92 Å². The van der Waals surface area contributed by atoms with Gasteiger partial charge in [-0.2, -0.15) is 9.78 Å². The topological polar surface area (TPSA) is 90.4 Å². The number of aromatic nitrogens is 2. The van der Waals surface area contributed by atoms with Crippen molar-refractivity contribution >= 4 is 22.8 Å². The van der Waals surface area contributed by atoms with Crippen LogP contribution in [-0.4, -0.2) is 20.8 Å². The molecule has 0 saturated carbocycles. The van der Waals surface area contributed by atoms with Gasteiger partial charge in [-0.1, -0.05) is 12.1 Å². The van der Waals surface area contributed by atoms with E-state index in [1.165, 1.54) is 24.7 Å². The highest BCUT2D eigenvalue weighted by molar-refractivity contribution is 5.80. The summed E-state index contributed by atoms with van der Waals surface area (Å²) < 4.78 is 1.13. The lowest BCUT2D eigenvalue weighted by atomic mass is 10.2. The van der Waals surface area contributed by atoms with Crippen LogP contribution in [0.15, 0.2) is 64.8 Å². The molecule has 3 rings (SSSR count). The molecule has 0 saturated heterocycles. The second kappa shape index (κ2) is 5.57. The average Bonchev–Trinajstić information content (AvgIpc) is 2.55. The smallest absolute Gasteiger partial charge is 0.267 e. The second-order valence-corrected chi connectivity index (χ2v) is 4.50. The van der Waals surface area contributed by atoms with Crippen LogP contribution in [0.2, 0.25) is 0 Å². The molecule has 0 aliphatic heterocycles. The maximum Gasteiger partial charge on any atom is 0.281 e. The fourth-order valence-electron chi connectivity index (χ4n) is 1.95.